The molecule has 1 aromatic rings. The Kier molecular flexibility index (Phi) is 6.44. The number of halogens is 1. The molecular weight excluding hydrogens is 336 g/mol. The molecule has 0 radical (unpaired) electrons. The number of benzene rings is 1. The minimum absolute atomic E-state index is 0.00825. The van der Waals surface area contributed by atoms with Gasteiger partial charge in [-0.1, -0.05) is 23.7 Å². The highest BCUT2D eigenvalue weighted by molar-refractivity contribution is 7.91. The van der Waals surface area contributed by atoms with Crippen molar-refractivity contribution in [2.45, 2.75) is 25.3 Å². The number of carbonyl (C=O) groups is 1. The monoisotopic (exact) mass is 358 g/mol. The van der Waals surface area contributed by atoms with Gasteiger partial charge in [0.25, 0.3) is 0 Å². The molecule has 7 heteroatoms. The van der Waals surface area contributed by atoms with Gasteiger partial charge in [0.15, 0.2) is 9.84 Å². The maximum Gasteiger partial charge on any atom is 0.223 e. The van der Waals surface area contributed by atoms with Crippen LogP contribution in [-0.4, -0.2) is 56.9 Å². The van der Waals surface area contributed by atoms with E-state index in [-0.39, 0.29) is 23.5 Å². The molecule has 1 aliphatic heterocycles. The van der Waals surface area contributed by atoms with E-state index in [9.17, 15) is 13.2 Å². The zero-order chi connectivity index (χ0) is 16.9. The van der Waals surface area contributed by atoms with Gasteiger partial charge in [-0.15, -0.1) is 0 Å². The molecule has 1 atom stereocenters. The Morgan fingerprint density at radius 2 is 2.00 bits per heavy atom. The van der Waals surface area contributed by atoms with E-state index in [1.807, 2.05) is 24.3 Å². The van der Waals surface area contributed by atoms with Crippen molar-refractivity contribution in [2.24, 2.45) is 0 Å². The number of sulfone groups is 1. The molecule has 1 fully saturated rings. The fourth-order valence-corrected chi connectivity index (χ4v) is 4.57. The summed E-state index contributed by atoms with van der Waals surface area (Å²) in [6.07, 6.45) is 1.81. The van der Waals surface area contributed by atoms with Gasteiger partial charge in [0.1, 0.15) is 0 Å². The molecule has 1 heterocycles. The molecule has 1 aliphatic rings. The summed E-state index contributed by atoms with van der Waals surface area (Å²) >= 11 is 5.84. The van der Waals surface area contributed by atoms with Crippen LogP contribution in [0.5, 0.6) is 0 Å². The van der Waals surface area contributed by atoms with Crippen LogP contribution < -0.4 is 5.32 Å². The fraction of sp³-hybridized carbons (Fsp3) is 0.562. The highest BCUT2D eigenvalue weighted by Crippen LogP contribution is 2.17. The minimum Gasteiger partial charge on any atom is -0.342 e. The summed E-state index contributed by atoms with van der Waals surface area (Å²) in [7, 11) is -1.26. The second kappa shape index (κ2) is 8.13. The van der Waals surface area contributed by atoms with Crippen LogP contribution in [0.15, 0.2) is 24.3 Å². The first-order valence-electron chi connectivity index (χ1n) is 7.78. The average molecular weight is 359 g/mol. The summed E-state index contributed by atoms with van der Waals surface area (Å²) in [4.78, 5) is 13.7. The van der Waals surface area contributed by atoms with Gasteiger partial charge in [-0.25, -0.2) is 8.42 Å². The summed E-state index contributed by atoms with van der Waals surface area (Å²) in [5, 5.41) is 3.97. The summed E-state index contributed by atoms with van der Waals surface area (Å²) in [5.41, 5.74) is 1.20. The Morgan fingerprint density at radius 1 is 1.30 bits per heavy atom. The lowest BCUT2D eigenvalue weighted by molar-refractivity contribution is -0.131. The number of hydrogen-bond donors (Lipinski definition) is 1. The summed E-state index contributed by atoms with van der Waals surface area (Å²) in [5.74, 6) is 0.277. The molecule has 2 rings (SSSR count). The molecule has 1 saturated heterocycles. The molecule has 23 heavy (non-hydrogen) atoms. The van der Waals surface area contributed by atoms with Gasteiger partial charge in [-0.05, 0) is 37.1 Å². The van der Waals surface area contributed by atoms with Crippen molar-refractivity contribution in [3.05, 3.63) is 34.9 Å². The van der Waals surface area contributed by atoms with Crippen LogP contribution in [0.4, 0.5) is 0 Å². The van der Waals surface area contributed by atoms with E-state index in [4.69, 9.17) is 11.6 Å². The van der Waals surface area contributed by atoms with E-state index in [1.54, 1.807) is 11.9 Å². The predicted molar refractivity (Wildman–Crippen MR) is 92.5 cm³/mol. The van der Waals surface area contributed by atoms with E-state index in [1.165, 1.54) is 5.56 Å². The van der Waals surface area contributed by atoms with Gasteiger partial charge >= 0.3 is 0 Å². The molecule has 128 valence electrons. The van der Waals surface area contributed by atoms with Gasteiger partial charge in [0.2, 0.25) is 5.91 Å². The normalized spacial score (nSPS) is 19.7. The standard InChI is InChI=1S/C16H23ClN2O3S/c1-19(15-8-11-23(21,22)12-15)16(20)7-10-18-9-6-13-2-4-14(17)5-3-13/h2-5,15,18H,6-12H2,1H3. The largest absolute Gasteiger partial charge is 0.342 e. The number of amides is 1. The molecule has 1 unspecified atom stereocenters. The molecule has 0 saturated carbocycles. The summed E-state index contributed by atoms with van der Waals surface area (Å²) in [6, 6.07) is 7.55. The van der Waals surface area contributed by atoms with Crippen LogP contribution in [0.3, 0.4) is 0 Å². The Hall–Kier alpha value is -1.11. The molecule has 0 aliphatic carbocycles. The Labute approximate surface area is 142 Å². The molecule has 1 N–H and O–H groups in total. The zero-order valence-corrected chi connectivity index (χ0v) is 14.9. The van der Waals surface area contributed by atoms with Crippen LogP contribution in [0.2, 0.25) is 5.02 Å². The van der Waals surface area contributed by atoms with Crippen LogP contribution in [0.1, 0.15) is 18.4 Å². The number of carbonyl (C=O) groups excluding carboxylic acids is 1. The zero-order valence-electron chi connectivity index (χ0n) is 13.3. The number of nitrogens with zero attached hydrogens (tertiary/aromatic N) is 1. The van der Waals surface area contributed by atoms with Crippen LogP contribution >= 0.6 is 11.6 Å². The van der Waals surface area contributed by atoms with E-state index >= 15 is 0 Å². The molecule has 0 aromatic heterocycles. The Bertz CT molecular complexity index is 631. The van der Waals surface area contributed by atoms with Crippen LogP contribution in [0, 0.1) is 0 Å². The maximum absolute atomic E-state index is 12.1. The molecule has 5 nitrogen and oxygen atoms in total. The maximum atomic E-state index is 12.1. The molecule has 1 amide bonds. The quantitative estimate of drug-likeness (QED) is 0.750. The first-order valence-corrected chi connectivity index (χ1v) is 9.98. The van der Waals surface area contributed by atoms with Crippen LogP contribution in [-0.2, 0) is 21.1 Å². The smallest absolute Gasteiger partial charge is 0.223 e. The highest BCUT2D eigenvalue weighted by Gasteiger charge is 2.32. The van der Waals surface area contributed by atoms with E-state index < -0.39 is 9.84 Å². The van der Waals surface area contributed by atoms with Crippen molar-refractivity contribution in [3.63, 3.8) is 0 Å². The van der Waals surface area contributed by atoms with E-state index in [2.05, 4.69) is 5.32 Å². The van der Waals surface area contributed by atoms with Crippen molar-refractivity contribution >= 4 is 27.3 Å². The second-order valence-electron chi connectivity index (χ2n) is 5.94. The lowest BCUT2D eigenvalue weighted by Crippen LogP contribution is -2.39. The predicted octanol–water partition coefficient (Wildman–Crippen LogP) is 1.51. The number of nitrogens with one attached hydrogen (secondary N) is 1. The molecule has 0 spiro atoms. The van der Waals surface area contributed by atoms with E-state index in [0.29, 0.717) is 19.4 Å². The average Bonchev–Trinajstić information content (AvgIpc) is 2.88. The van der Waals surface area contributed by atoms with Crippen LogP contribution in [0.25, 0.3) is 0 Å². The third-order valence-electron chi connectivity index (χ3n) is 4.17. The SMILES string of the molecule is CN(C(=O)CCNCCc1ccc(Cl)cc1)C1CCS(=O)(=O)C1. The Balaban J connectivity index is 1.64. The lowest BCUT2D eigenvalue weighted by Gasteiger charge is -2.23. The van der Waals surface area contributed by atoms with Crippen molar-refractivity contribution < 1.29 is 13.2 Å². The minimum atomic E-state index is -2.96. The van der Waals surface area contributed by atoms with Gasteiger partial charge in [0.05, 0.1) is 11.5 Å². The Morgan fingerprint density at radius 3 is 2.61 bits per heavy atom. The van der Waals surface area contributed by atoms with Gasteiger partial charge in [-0.3, -0.25) is 4.79 Å². The molecule has 0 bridgehead atoms. The van der Waals surface area contributed by atoms with Crippen molar-refractivity contribution in [3.8, 4) is 0 Å². The first kappa shape index (κ1) is 18.2. The van der Waals surface area contributed by atoms with Gasteiger partial charge in [0, 0.05) is 31.1 Å². The van der Waals surface area contributed by atoms with E-state index in [0.717, 1.165) is 18.0 Å². The fourth-order valence-electron chi connectivity index (χ4n) is 2.66. The highest BCUT2D eigenvalue weighted by atomic mass is 35.5. The molecule has 1 aromatic carbocycles. The summed E-state index contributed by atoms with van der Waals surface area (Å²) in [6.45, 7) is 1.38. The number of hydrogen-bond acceptors (Lipinski definition) is 4. The second-order valence-corrected chi connectivity index (χ2v) is 8.60. The first-order chi connectivity index (χ1) is 10.9. The van der Waals surface area contributed by atoms with Crippen molar-refractivity contribution in [1.29, 1.82) is 0 Å². The summed E-state index contributed by atoms with van der Waals surface area (Å²) < 4.78 is 22.9. The van der Waals surface area contributed by atoms with Gasteiger partial charge in [-0.2, -0.15) is 0 Å². The van der Waals surface area contributed by atoms with Gasteiger partial charge < -0.3 is 10.2 Å². The molecular formula is C16H23ClN2O3S. The third-order valence-corrected chi connectivity index (χ3v) is 6.17. The number of rotatable bonds is 7. The third kappa shape index (κ3) is 5.79. The van der Waals surface area contributed by atoms with Crippen molar-refractivity contribution in [2.75, 3.05) is 31.6 Å². The van der Waals surface area contributed by atoms with Crippen molar-refractivity contribution in [1.82, 2.24) is 10.2 Å². The lowest BCUT2D eigenvalue weighted by atomic mass is 10.1. The topological polar surface area (TPSA) is 66.5 Å².